The average Bonchev–Trinajstić information content (AvgIpc) is 2.90. The number of hydrogen-bond acceptors (Lipinski definition) is 3. The third-order valence-corrected chi connectivity index (χ3v) is 5.35. The number of piperidine rings is 1. The van der Waals surface area contributed by atoms with E-state index in [2.05, 4.69) is 11.9 Å². The maximum absolute atomic E-state index is 13.0. The van der Waals surface area contributed by atoms with Gasteiger partial charge in [-0.15, -0.1) is 11.3 Å². The Bertz CT molecular complexity index is 672. The molecule has 1 aromatic carbocycles. The van der Waals surface area contributed by atoms with Crippen LogP contribution in [0.2, 0.25) is 0 Å². The lowest BCUT2D eigenvalue weighted by atomic mass is 9.99. The van der Waals surface area contributed by atoms with Crippen molar-refractivity contribution in [3.05, 3.63) is 40.7 Å². The highest BCUT2D eigenvalue weighted by Gasteiger charge is 2.25. The second-order valence-corrected chi connectivity index (χ2v) is 6.91. The minimum absolute atomic E-state index is 0.0789. The fourth-order valence-electron chi connectivity index (χ4n) is 2.67. The zero-order valence-corrected chi connectivity index (χ0v) is 13.6. The molecule has 1 aliphatic rings. The fraction of sp³-hybridized carbons (Fsp3) is 0.412. The molecule has 3 rings (SSSR count). The van der Waals surface area contributed by atoms with E-state index in [0.29, 0.717) is 10.8 Å². The van der Waals surface area contributed by atoms with Crippen LogP contribution in [0.3, 0.4) is 0 Å². The molecule has 0 saturated carbocycles. The predicted molar refractivity (Wildman–Crippen MR) is 86.5 cm³/mol. The maximum Gasteiger partial charge on any atom is 0.265 e. The van der Waals surface area contributed by atoms with Crippen LogP contribution < -0.4 is 0 Å². The number of aromatic nitrogens is 1. The number of halogens is 1. The van der Waals surface area contributed by atoms with Gasteiger partial charge >= 0.3 is 0 Å². The highest BCUT2D eigenvalue weighted by molar-refractivity contribution is 7.17. The van der Waals surface area contributed by atoms with Gasteiger partial charge < -0.3 is 4.90 Å². The van der Waals surface area contributed by atoms with Crippen LogP contribution in [-0.4, -0.2) is 28.9 Å². The number of carbonyl (C=O) groups is 1. The number of benzene rings is 1. The molecular weight excluding hydrogens is 299 g/mol. The van der Waals surface area contributed by atoms with Gasteiger partial charge in [0.05, 0.1) is 5.69 Å². The fourth-order valence-corrected chi connectivity index (χ4v) is 3.71. The van der Waals surface area contributed by atoms with Crippen molar-refractivity contribution in [2.45, 2.75) is 26.7 Å². The molecule has 22 heavy (non-hydrogen) atoms. The molecule has 1 aliphatic heterocycles. The molecule has 0 spiro atoms. The third-order valence-electron chi connectivity index (χ3n) is 4.15. The van der Waals surface area contributed by atoms with E-state index >= 15 is 0 Å². The monoisotopic (exact) mass is 318 g/mol. The van der Waals surface area contributed by atoms with Crippen molar-refractivity contribution in [1.82, 2.24) is 9.88 Å². The number of thiazole rings is 1. The summed E-state index contributed by atoms with van der Waals surface area (Å²) in [5.74, 6) is 0.507. The first-order chi connectivity index (χ1) is 10.5. The second kappa shape index (κ2) is 6.16. The molecule has 0 aliphatic carbocycles. The Balaban J connectivity index is 1.83. The first kappa shape index (κ1) is 15.2. The Labute approximate surface area is 133 Å². The number of amides is 1. The van der Waals surface area contributed by atoms with E-state index in [-0.39, 0.29) is 11.7 Å². The van der Waals surface area contributed by atoms with Crippen molar-refractivity contribution < 1.29 is 9.18 Å². The van der Waals surface area contributed by atoms with Crippen LogP contribution in [0, 0.1) is 18.7 Å². The van der Waals surface area contributed by atoms with Crippen LogP contribution in [0.1, 0.15) is 35.1 Å². The summed E-state index contributed by atoms with van der Waals surface area (Å²) in [6, 6.07) is 6.23. The topological polar surface area (TPSA) is 33.2 Å². The summed E-state index contributed by atoms with van der Waals surface area (Å²) in [5, 5.41) is 0.770. The summed E-state index contributed by atoms with van der Waals surface area (Å²) in [6.45, 7) is 5.74. The van der Waals surface area contributed by atoms with Gasteiger partial charge in [0, 0.05) is 18.7 Å². The van der Waals surface area contributed by atoms with Crippen molar-refractivity contribution in [2.24, 2.45) is 5.92 Å². The zero-order chi connectivity index (χ0) is 15.7. The van der Waals surface area contributed by atoms with E-state index in [1.807, 2.05) is 11.8 Å². The summed E-state index contributed by atoms with van der Waals surface area (Å²) in [7, 11) is 0. The summed E-state index contributed by atoms with van der Waals surface area (Å²) < 4.78 is 13.0. The van der Waals surface area contributed by atoms with Crippen molar-refractivity contribution in [3.8, 4) is 10.6 Å². The molecule has 1 amide bonds. The van der Waals surface area contributed by atoms with E-state index in [1.165, 1.54) is 23.5 Å². The molecular formula is C17H19FN2OS. The van der Waals surface area contributed by atoms with Gasteiger partial charge in [-0.05, 0) is 49.9 Å². The molecule has 5 heteroatoms. The molecule has 1 fully saturated rings. The van der Waals surface area contributed by atoms with Crippen LogP contribution in [0.4, 0.5) is 4.39 Å². The summed E-state index contributed by atoms with van der Waals surface area (Å²) in [6.07, 6.45) is 2.13. The third kappa shape index (κ3) is 3.04. The van der Waals surface area contributed by atoms with Crippen molar-refractivity contribution in [1.29, 1.82) is 0 Å². The first-order valence-electron chi connectivity index (χ1n) is 7.57. The van der Waals surface area contributed by atoms with Crippen molar-refractivity contribution >= 4 is 17.2 Å². The Morgan fingerprint density at radius 2 is 1.91 bits per heavy atom. The highest BCUT2D eigenvalue weighted by Crippen LogP contribution is 2.30. The van der Waals surface area contributed by atoms with E-state index < -0.39 is 0 Å². The van der Waals surface area contributed by atoms with Gasteiger partial charge in [-0.3, -0.25) is 4.79 Å². The summed E-state index contributed by atoms with van der Waals surface area (Å²) in [5.41, 5.74) is 1.61. The quantitative estimate of drug-likeness (QED) is 0.834. The number of hydrogen-bond donors (Lipinski definition) is 0. The van der Waals surface area contributed by atoms with E-state index in [4.69, 9.17) is 0 Å². The van der Waals surface area contributed by atoms with Crippen LogP contribution in [-0.2, 0) is 0 Å². The molecule has 116 valence electrons. The van der Waals surface area contributed by atoms with Gasteiger partial charge in [-0.1, -0.05) is 6.92 Å². The van der Waals surface area contributed by atoms with Gasteiger partial charge in [0.25, 0.3) is 5.91 Å². The lowest BCUT2D eigenvalue weighted by Crippen LogP contribution is -2.37. The normalized spacial score (nSPS) is 16.0. The van der Waals surface area contributed by atoms with E-state index in [9.17, 15) is 9.18 Å². The molecule has 0 unspecified atom stereocenters. The van der Waals surface area contributed by atoms with E-state index in [0.717, 1.165) is 42.2 Å². The SMILES string of the molecule is Cc1nc(-c2ccc(F)cc2)sc1C(=O)N1CCC(C)CC1. The molecule has 3 nitrogen and oxygen atoms in total. The molecule has 0 bridgehead atoms. The minimum atomic E-state index is -0.268. The number of rotatable bonds is 2. The second-order valence-electron chi connectivity index (χ2n) is 5.92. The van der Waals surface area contributed by atoms with E-state index in [1.54, 1.807) is 12.1 Å². The Morgan fingerprint density at radius 3 is 2.55 bits per heavy atom. The van der Waals surface area contributed by atoms with Gasteiger partial charge in [0.1, 0.15) is 15.7 Å². The molecule has 0 atom stereocenters. The average molecular weight is 318 g/mol. The van der Waals surface area contributed by atoms with Gasteiger partial charge in [0.2, 0.25) is 0 Å². The van der Waals surface area contributed by atoms with Crippen LogP contribution in [0.25, 0.3) is 10.6 Å². The molecule has 1 aromatic heterocycles. The summed E-state index contributed by atoms with van der Waals surface area (Å²) >= 11 is 1.40. The predicted octanol–water partition coefficient (Wildman–Crippen LogP) is 4.13. The molecule has 1 saturated heterocycles. The van der Waals surface area contributed by atoms with Crippen LogP contribution in [0.15, 0.2) is 24.3 Å². The summed E-state index contributed by atoms with van der Waals surface area (Å²) in [4.78, 5) is 19.8. The Kier molecular flexibility index (Phi) is 4.25. The molecule has 2 aromatic rings. The van der Waals surface area contributed by atoms with Crippen molar-refractivity contribution in [2.75, 3.05) is 13.1 Å². The minimum Gasteiger partial charge on any atom is -0.338 e. The molecule has 0 N–H and O–H groups in total. The smallest absolute Gasteiger partial charge is 0.265 e. The highest BCUT2D eigenvalue weighted by atomic mass is 32.1. The standard InChI is InChI=1S/C17H19FN2OS/c1-11-7-9-20(10-8-11)17(21)15-12(2)19-16(22-15)13-3-5-14(18)6-4-13/h3-6,11H,7-10H2,1-2H3. The lowest BCUT2D eigenvalue weighted by Gasteiger charge is -2.30. The van der Waals surface area contributed by atoms with Gasteiger partial charge in [0.15, 0.2) is 0 Å². The van der Waals surface area contributed by atoms with Gasteiger partial charge in [-0.25, -0.2) is 9.37 Å². The van der Waals surface area contributed by atoms with Crippen molar-refractivity contribution in [3.63, 3.8) is 0 Å². The van der Waals surface area contributed by atoms with Gasteiger partial charge in [-0.2, -0.15) is 0 Å². The number of aryl methyl sites for hydroxylation is 1. The maximum atomic E-state index is 13.0. The molecule has 2 heterocycles. The van der Waals surface area contributed by atoms with Crippen LogP contribution in [0.5, 0.6) is 0 Å². The number of carbonyl (C=O) groups excluding carboxylic acids is 1. The van der Waals surface area contributed by atoms with Crippen LogP contribution >= 0.6 is 11.3 Å². The molecule has 0 radical (unpaired) electrons. The lowest BCUT2D eigenvalue weighted by molar-refractivity contribution is 0.0701. The Hall–Kier alpha value is -1.75. The zero-order valence-electron chi connectivity index (χ0n) is 12.8. The Morgan fingerprint density at radius 1 is 1.27 bits per heavy atom. The number of likely N-dealkylation sites (tertiary alicyclic amines) is 1. The first-order valence-corrected chi connectivity index (χ1v) is 8.39. The largest absolute Gasteiger partial charge is 0.338 e. The number of nitrogens with zero attached hydrogens (tertiary/aromatic N) is 2.